The molecule has 1 N–H and O–H groups in total. The minimum atomic E-state index is 0.266. The molecule has 0 bridgehead atoms. The first-order chi connectivity index (χ1) is 11.1. The Kier molecular flexibility index (Phi) is 4.23. The summed E-state index contributed by atoms with van der Waals surface area (Å²) in [4.78, 5) is 13.6. The van der Waals surface area contributed by atoms with Crippen molar-refractivity contribution in [2.45, 2.75) is 46.7 Å². The quantitative estimate of drug-likeness (QED) is 0.783. The molecule has 0 spiro atoms. The van der Waals surface area contributed by atoms with Crippen LogP contribution in [0.5, 0.6) is 0 Å². The molecule has 3 heterocycles. The largest absolute Gasteiger partial charge is 0.364 e. The highest BCUT2D eigenvalue weighted by Gasteiger charge is 2.17. The number of fused-ring (bicyclic) bond motifs is 1. The monoisotopic (exact) mass is 310 g/mol. The van der Waals surface area contributed by atoms with Crippen LogP contribution in [0, 0.1) is 6.92 Å². The summed E-state index contributed by atoms with van der Waals surface area (Å²) in [6.45, 7) is 9.74. The van der Waals surface area contributed by atoms with Gasteiger partial charge in [-0.15, -0.1) is 0 Å². The molecule has 3 rings (SSSR count). The number of hydrogen-bond donors (Lipinski definition) is 1. The van der Waals surface area contributed by atoms with E-state index in [1.807, 2.05) is 29.9 Å². The second-order valence-electron chi connectivity index (χ2n) is 5.90. The Morgan fingerprint density at radius 3 is 2.74 bits per heavy atom. The van der Waals surface area contributed by atoms with Crippen molar-refractivity contribution in [3.63, 3.8) is 0 Å². The van der Waals surface area contributed by atoms with Gasteiger partial charge in [-0.3, -0.25) is 9.67 Å². The highest BCUT2D eigenvalue weighted by atomic mass is 15.3. The molecule has 23 heavy (non-hydrogen) atoms. The Balaban J connectivity index is 2.05. The third-order valence-electron chi connectivity index (χ3n) is 3.77. The fourth-order valence-electron chi connectivity index (χ4n) is 2.55. The van der Waals surface area contributed by atoms with Gasteiger partial charge in [-0.25, -0.2) is 9.97 Å². The molecule has 0 amide bonds. The summed E-state index contributed by atoms with van der Waals surface area (Å²) in [6, 6.07) is 3.98. The van der Waals surface area contributed by atoms with E-state index in [0.717, 1.165) is 40.5 Å². The normalized spacial score (nSPS) is 11.3. The van der Waals surface area contributed by atoms with Gasteiger partial charge >= 0.3 is 0 Å². The molecule has 6 nitrogen and oxygen atoms in total. The van der Waals surface area contributed by atoms with E-state index in [1.165, 1.54) is 0 Å². The molecule has 6 heteroatoms. The lowest BCUT2D eigenvalue weighted by molar-refractivity contribution is 0.675. The minimum absolute atomic E-state index is 0.266. The first-order valence-electron chi connectivity index (χ1n) is 7.98. The van der Waals surface area contributed by atoms with E-state index >= 15 is 0 Å². The molecule has 0 radical (unpaired) electrons. The molecule has 0 unspecified atom stereocenters. The van der Waals surface area contributed by atoms with Gasteiger partial charge in [0.25, 0.3) is 0 Å². The first-order valence-corrected chi connectivity index (χ1v) is 7.98. The van der Waals surface area contributed by atoms with E-state index in [1.54, 1.807) is 6.20 Å². The number of rotatable bonds is 5. The third kappa shape index (κ3) is 3.02. The van der Waals surface area contributed by atoms with Crippen molar-refractivity contribution in [2.75, 3.05) is 5.32 Å². The average Bonchev–Trinajstić information content (AvgIpc) is 2.90. The van der Waals surface area contributed by atoms with Gasteiger partial charge in [0.2, 0.25) is 0 Å². The van der Waals surface area contributed by atoms with Crippen LogP contribution in [-0.2, 0) is 13.1 Å². The minimum Gasteiger partial charge on any atom is -0.364 e. The fourth-order valence-corrected chi connectivity index (χ4v) is 2.55. The molecule has 0 saturated carbocycles. The number of anilines is 1. The SMILES string of the molecule is CCn1nc(C)c2nc(C(C)C)nc(NCc3cccnc3)c21. The van der Waals surface area contributed by atoms with Crippen molar-refractivity contribution in [2.24, 2.45) is 0 Å². The van der Waals surface area contributed by atoms with Crippen LogP contribution in [0.25, 0.3) is 11.0 Å². The average molecular weight is 310 g/mol. The summed E-state index contributed by atoms with van der Waals surface area (Å²) in [7, 11) is 0. The molecule has 0 saturated heterocycles. The number of hydrogen-bond acceptors (Lipinski definition) is 5. The van der Waals surface area contributed by atoms with E-state index in [2.05, 4.69) is 36.2 Å². The van der Waals surface area contributed by atoms with E-state index in [9.17, 15) is 0 Å². The number of pyridine rings is 1. The molecule has 120 valence electrons. The van der Waals surface area contributed by atoms with Crippen molar-refractivity contribution < 1.29 is 0 Å². The van der Waals surface area contributed by atoms with Crippen molar-refractivity contribution in [1.82, 2.24) is 24.7 Å². The van der Waals surface area contributed by atoms with Gasteiger partial charge in [0, 0.05) is 31.4 Å². The number of aromatic nitrogens is 5. The Morgan fingerprint density at radius 1 is 1.26 bits per heavy atom. The lowest BCUT2D eigenvalue weighted by Gasteiger charge is -2.12. The standard InChI is InChI=1S/C17H22N6/c1-5-23-15-14(12(4)22-23)20-16(11(2)3)21-17(15)19-10-13-7-6-8-18-9-13/h6-9,11H,5,10H2,1-4H3,(H,19,20,21). The lowest BCUT2D eigenvalue weighted by Crippen LogP contribution is -2.09. The van der Waals surface area contributed by atoms with Gasteiger partial charge in [-0.1, -0.05) is 19.9 Å². The fraction of sp³-hybridized carbons (Fsp3) is 0.412. The van der Waals surface area contributed by atoms with Gasteiger partial charge < -0.3 is 5.32 Å². The molecule has 0 aliphatic rings. The molecule has 0 aliphatic heterocycles. The predicted octanol–water partition coefficient (Wildman–Crippen LogP) is 3.29. The maximum atomic E-state index is 4.73. The summed E-state index contributed by atoms with van der Waals surface area (Å²) >= 11 is 0. The van der Waals surface area contributed by atoms with E-state index in [-0.39, 0.29) is 5.92 Å². The van der Waals surface area contributed by atoms with Crippen LogP contribution in [0.3, 0.4) is 0 Å². The first kappa shape index (κ1) is 15.4. The number of aryl methyl sites for hydroxylation is 2. The highest BCUT2D eigenvalue weighted by Crippen LogP contribution is 2.26. The summed E-state index contributed by atoms with van der Waals surface area (Å²) in [6.07, 6.45) is 3.63. The van der Waals surface area contributed by atoms with Crippen LogP contribution in [0.1, 0.15) is 43.8 Å². The maximum absolute atomic E-state index is 4.73. The molecule has 0 aromatic carbocycles. The van der Waals surface area contributed by atoms with Crippen LogP contribution in [-0.4, -0.2) is 24.7 Å². The Labute approximate surface area is 136 Å². The van der Waals surface area contributed by atoms with Crippen molar-refractivity contribution in [1.29, 1.82) is 0 Å². The molecule has 0 aliphatic carbocycles. The van der Waals surface area contributed by atoms with Crippen LogP contribution < -0.4 is 5.32 Å². The van der Waals surface area contributed by atoms with Crippen LogP contribution in [0.15, 0.2) is 24.5 Å². The van der Waals surface area contributed by atoms with Crippen LogP contribution in [0.4, 0.5) is 5.82 Å². The Bertz CT molecular complexity index is 807. The van der Waals surface area contributed by atoms with E-state index in [0.29, 0.717) is 6.54 Å². The van der Waals surface area contributed by atoms with Crippen molar-refractivity contribution >= 4 is 16.9 Å². The molecule has 0 fully saturated rings. The number of nitrogens with zero attached hydrogens (tertiary/aromatic N) is 5. The molecule has 0 atom stereocenters. The lowest BCUT2D eigenvalue weighted by atomic mass is 10.2. The van der Waals surface area contributed by atoms with Crippen LogP contribution in [0.2, 0.25) is 0 Å². The van der Waals surface area contributed by atoms with Gasteiger partial charge in [-0.05, 0) is 25.5 Å². The summed E-state index contributed by atoms with van der Waals surface area (Å²) in [5, 5.41) is 8.02. The molecule has 3 aromatic rings. The third-order valence-corrected chi connectivity index (χ3v) is 3.77. The summed E-state index contributed by atoms with van der Waals surface area (Å²) < 4.78 is 1.96. The topological polar surface area (TPSA) is 68.5 Å². The van der Waals surface area contributed by atoms with Crippen molar-refractivity contribution in [3.8, 4) is 0 Å². The second kappa shape index (κ2) is 6.32. The second-order valence-corrected chi connectivity index (χ2v) is 5.90. The molecular weight excluding hydrogens is 288 g/mol. The van der Waals surface area contributed by atoms with E-state index < -0.39 is 0 Å². The molecule has 3 aromatic heterocycles. The zero-order valence-corrected chi connectivity index (χ0v) is 14.0. The van der Waals surface area contributed by atoms with Gasteiger partial charge in [0.1, 0.15) is 16.9 Å². The van der Waals surface area contributed by atoms with Gasteiger partial charge in [-0.2, -0.15) is 5.10 Å². The van der Waals surface area contributed by atoms with Crippen LogP contribution >= 0.6 is 0 Å². The van der Waals surface area contributed by atoms with Crippen molar-refractivity contribution in [3.05, 3.63) is 41.6 Å². The van der Waals surface area contributed by atoms with Gasteiger partial charge in [0.15, 0.2) is 5.82 Å². The van der Waals surface area contributed by atoms with E-state index in [4.69, 9.17) is 9.97 Å². The zero-order chi connectivity index (χ0) is 16.4. The number of nitrogens with one attached hydrogen (secondary N) is 1. The predicted molar refractivity (Wildman–Crippen MR) is 91.4 cm³/mol. The highest BCUT2D eigenvalue weighted by molar-refractivity contribution is 5.87. The summed E-state index contributed by atoms with van der Waals surface area (Å²) in [5.74, 6) is 1.94. The van der Waals surface area contributed by atoms with Gasteiger partial charge in [0.05, 0.1) is 5.69 Å². The molecular formula is C17H22N6. The maximum Gasteiger partial charge on any atom is 0.156 e. The summed E-state index contributed by atoms with van der Waals surface area (Å²) in [5.41, 5.74) is 3.96. The Hall–Kier alpha value is -2.50. The smallest absolute Gasteiger partial charge is 0.156 e. The zero-order valence-electron chi connectivity index (χ0n) is 14.0. The Morgan fingerprint density at radius 2 is 2.09 bits per heavy atom.